The van der Waals surface area contributed by atoms with Crippen LogP contribution in [0.3, 0.4) is 0 Å². The number of aryl methyl sites for hydroxylation is 2. The average Bonchev–Trinajstić information content (AvgIpc) is 2.93. The standard InChI is InChI=1S/C17H19NO/c1-13(14-6-3-2-4-7-14)18-19-17-11-10-15-8-5-9-16(15)12-17/h2-4,6-7,10-13,18H,5,8-9H2,1H3. The van der Waals surface area contributed by atoms with Gasteiger partial charge in [0, 0.05) is 0 Å². The smallest absolute Gasteiger partial charge is 0.147 e. The number of hydrogen-bond donors (Lipinski definition) is 1. The van der Waals surface area contributed by atoms with E-state index in [1.54, 1.807) is 0 Å². The highest BCUT2D eigenvalue weighted by molar-refractivity contribution is 5.38. The molecule has 0 aromatic heterocycles. The summed E-state index contributed by atoms with van der Waals surface area (Å²) in [5, 5.41) is 0. The largest absolute Gasteiger partial charge is 0.408 e. The summed E-state index contributed by atoms with van der Waals surface area (Å²) in [4.78, 5) is 5.70. The summed E-state index contributed by atoms with van der Waals surface area (Å²) in [5.74, 6) is 0.906. The van der Waals surface area contributed by atoms with Crippen molar-refractivity contribution in [1.29, 1.82) is 0 Å². The van der Waals surface area contributed by atoms with Gasteiger partial charge < -0.3 is 4.84 Å². The zero-order chi connectivity index (χ0) is 13.1. The summed E-state index contributed by atoms with van der Waals surface area (Å²) >= 11 is 0. The first-order valence-electron chi connectivity index (χ1n) is 6.92. The second kappa shape index (κ2) is 5.45. The molecule has 1 aliphatic rings. The van der Waals surface area contributed by atoms with Gasteiger partial charge in [0.25, 0.3) is 0 Å². The molecular weight excluding hydrogens is 234 g/mol. The Labute approximate surface area is 114 Å². The quantitative estimate of drug-likeness (QED) is 0.836. The molecule has 0 heterocycles. The predicted octanol–water partition coefficient (Wildman–Crippen LogP) is 3.82. The van der Waals surface area contributed by atoms with Gasteiger partial charge in [-0.05, 0) is 55.0 Å². The van der Waals surface area contributed by atoms with Crippen LogP contribution < -0.4 is 10.3 Å². The van der Waals surface area contributed by atoms with Crippen molar-refractivity contribution in [1.82, 2.24) is 5.48 Å². The highest BCUT2D eigenvalue weighted by Gasteiger charge is 2.12. The number of fused-ring (bicyclic) bond motifs is 1. The van der Waals surface area contributed by atoms with Gasteiger partial charge in [0.05, 0.1) is 6.04 Å². The molecule has 2 aromatic carbocycles. The number of rotatable bonds is 4. The van der Waals surface area contributed by atoms with E-state index in [2.05, 4.69) is 42.7 Å². The van der Waals surface area contributed by atoms with Crippen LogP contribution in [0.25, 0.3) is 0 Å². The SMILES string of the molecule is CC(NOc1ccc2c(c1)CCC2)c1ccccc1. The molecule has 2 heteroatoms. The van der Waals surface area contributed by atoms with Crippen molar-refractivity contribution in [2.45, 2.75) is 32.2 Å². The van der Waals surface area contributed by atoms with Crippen LogP contribution in [-0.2, 0) is 12.8 Å². The van der Waals surface area contributed by atoms with Crippen molar-refractivity contribution in [2.75, 3.05) is 0 Å². The van der Waals surface area contributed by atoms with Crippen molar-refractivity contribution in [3.8, 4) is 5.75 Å². The molecule has 0 saturated heterocycles. The van der Waals surface area contributed by atoms with Crippen molar-refractivity contribution >= 4 is 0 Å². The maximum absolute atomic E-state index is 5.70. The Hall–Kier alpha value is -1.80. The molecule has 0 radical (unpaired) electrons. The number of nitrogens with one attached hydrogen (secondary N) is 1. The van der Waals surface area contributed by atoms with E-state index >= 15 is 0 Å². The van der Waals surface area contributed by atoms with Gasteiger partial charge in [-0.3, -0.25) is 0 Å². The van der Waals surface area contributed by atoms with Crippen LogP contribution in [0.4, 0.5) is 0 Å². The van der Waals surface area contributed by atoms with E-state index in [0.717, 1.165) is 5.75 Å². The van der Waals surface area contributed by atoms with Gasteiger partial charge >= 0.3 is 0 Å². The van der Waals surface area contributed by atoms with Gasteiger partial charge in [0.15, 0.2) is 0 Å². The van der Waals surface area contributed by atoms with Gasteiger partial charge in [-0.1, -0.05) is 36.4 Å². The van der Waals surface area contributed by atoms with E-state index < -0.39 is 0 Å². The van der Waals surface area contributed by atoms with E-state index in [1.807, 2.05) is 18.2 Å². The van der Waals surface area contributed by atoms with E-state index in [0.29, 0.717) is 0 Å². The third-order valence-corrected chi connectivity index (χ3v) is 3.72. The van der Waals surface area contributed by atoms with Crippen molar-refractivity contribution in [3.05, 3.63) is 65.2 Å². The molecule has 19 heavy (non-hydrogen) atoms. The summed E-state index contributed by atoms with van der Waals surface area (Å²) < 4.78 is 0. The summed E-state index contributed by atoms with van der Waals surface area (Å²) in [5.41, 5.74) is 7.24. The fraction of sp³-hybridized carbons (Fsp3) is 0.294. The summed E-state index contributed by atoms with van der Waals surface area (Å²) in [6.07, 6.45) is 3.66. The van der Waals surface area contributed by atoms with E-state index in [4.69, 9.17) is 4.84 Å². The Morgan fingerprint density at radius 1 is 1.00 bits per heavy atom. The minimum Gasteiger partial charge on any atom is -0.408 e. The molecule has 2 nitrogen and oxygen atoms in total. The van der Waals surface area contributed by atoms with Gasteiger partial charge in [-0.25, -0.2) is 0 Å². The lowest BCUT2D eigenvalue weighted by atomic mass is 10.1. The topological polar surface area (TPSA) is 21.3 Å². The Balaban J connectivity index is 1.63. The molecule has 0 bridgehead atoms. The normalized spacial score (nSPS) is 15.0. The van der Waals surface area contributed by atoms with E-state index in [-0.39, 0.29) is 6.04 Å². The van der Waals surface area contributed by atoms with Crippen molar-refractivity contribution < 1.29 is 4.84 Å². The molecule has 1 aliphatic carbocycles. The van der Waals surface area contributed by atoms with Gasteiger partial charge in [-0.2, -0.15) is 0 Å². The molecule has 3 rings (SSSR count). The van der Waals surface area contributed by atoms with Crippen molar-refractivity contribution in [3.63, 3.8) is 0 Å². The third kappa shape index (κ3) is 2.79. The maximum atomic E-state index is 5.70. The maximum Gasteiger partial charge on any atom is 0.147 e. The molecule has 0 saturated carbocycles. The number of benzene rings is 2. The van der Waals surface area contributed by atoms with Crippen LogP contribution in [-0.4, -0.2) is 0 Å². The van der Waals surface area contributed by atoms with Crippen LogP contribution in [0.15, 0.2) is 48.5 Å². The molecule has 0 aliphatic heterocycles. The molecule has 0 spiro atoms. The van der Waals surface area contributed by atoms with Crippen molar-refractivity contribution in [2.24, 2.45) is 0 Å². The van der Waals surface area contributed by atoms with Crippen LogP contribution in [0.1, 0.15) is 36.1 Å². The minimum absolute atomic E-state index is 0.175. The first kappa shape index (κ1) is 12.2. The van der Waals surface area contributed by atoms with Gasteiger partial charge in [0.2, 0.25) is 0 Å². The lowest BCUT2D eigenvalue weighted by Gasteiger charge is -2.15. The molecule has 2 aromatic rings. The fourth-order valence-corrected chi connectivity index (χ4v) is 2.58. The Morgan fingerprint density at radius 3 is 2.63 bits per heavy atom. The summed E-state index contributed by atoms with van der Waals surface area (Å²) in [7, 11) is 0. The predicted molar refractivity (Wildman–Crippen MR) is 77.1 cm³/mol. The second-order valence-electron chi connectivity index (χ2n) is 5.14. The lowest BCUT2D eigenvalue weighted by molar-refractivity contribution is 0.162. The van der Waals surface area contributed by atoms with Gasteiger partial charge in [0.1, 0.15) is 5.75 Å². The molecule has 1 atom stereocenters. The van der Waals surface area contributed by atoms with Crippen LogP contribution in [0, 0.1) is 0 Å². The molecule has 0 amide bonds. The monoisotopic (exact) mass is 253 g/mol. The third-order valence-electron chi connectivity index (χ3n) is 3.72. The van der Waals surface area contributed by atoms with E-state index in [9.17, 15) is 0 Å². The van der Waals surface area contributed by atoms with Crippen LogP contribution in [0.5, 0.6) is 5.75 Å². The molecule has 1 N–H and O–H groups in total. The zero-order valence-electron chi connectivity index (χ0n) is 11.2. The van der Waals surface area contributed by atoms with E-state index in [1.165, 1.54) is 36.0 Å². The zero-order valence-corrected chi connectivity index (χ0v) is 11.2. The molecular formula is C17H19NO. The molecule has 0 fully saturated rings. The first-order valence-corrected chi connectivity index (χ1v) is 6.92. The van der Waals surface area contributed by atoms with Crippen LogP contribution >= 0.6 is 0 Å². The minimum atomic E-state index is 0.175. The lowest BCUT2D eigenvalue weighted by Crippen LogP contribution is -2.22. The fourth-order valence-electron chi connectivity index (χ4n) is 2.58. The summed E-state index contributed by atoms with van der Waals surface area (Å²) in [6, 6.07) is 16.9. The Kier molecular flexibility index (Phi) is 3.51. The van der Waals surface area contributed by atoms with Gasteiger partial charge in [-0.15, -0.1) is 5.48 Å². The highest BCUT2D eigenvalue weighted by Crippen LogP contribution is 2.26. The van der Waals surface area contributed by atoms with Crippen LogP contribution in [0.2, 0.25) is 0 Å². The summed E-state index contributed by atoms with van der Waals surface area (Å²) in [6.45, 7) is 2.10. The Bertz CT molecular complexity index is 550. The second-order valence-corrected chi connectivity index (χ2v) is 5.14. The molecule has 98 valence electrons. The highest BCUT2D eigenvalue weighted by atomic mass is 16.6. The Morgan fingerprint density at radius 2 is 1.79 bits per heavy atom. The average molecular weight is 253 g/mol. The number of hydrogen-bond acceptors (Lipinski definition) is 2. The number of hydroxylamine groups is 1. The molecule has 1 unspecified atom stereocenters. The first-order chi connectivity index (χ1) is 9.33.